The maximum absolute atomic E-state index is 12.5. The van der Waals surface area contributed by atoms with E-state index in [1.54, 1.807) is 6.07 Å². The number of hydrogen-bond acceptors (Lipinski definition) is 5. The van der Waals surface area contributed by atoms with E-state index in [9.17, 15) is 8.42 Å². The van der Waals surface area contributed by atoms with Gasteiger partial charge in [-0.25, -0.2) is 18.1 Å². The van der Waals surface area contributed by atoms with Crippen LogP contribution in [0.4, 0.5) is 5.95 Å². The standard InChI is InChI=1S/C13H14N4O2S2/c1-3-12-15-13(16-20-12)17-21(18,19)11-7-14-10-6-8(2)4-5-9(10)11/h4-7,14H,3H2,1-2H3,(H,16,17). The van der Waals surface area contributed by atoms with E-state index in [0.717, 1.165) is 22.5 Å². The van der Waals surface area contributed by atoms with Crippen molar-refractivity contribution in [2.45, 2.75) is 25.2 Å². The van der Waals surface area contributed by atoms with E-state index in [-0.39, 0.29) is 10.8 Å². The number of aromatic nitrogens is 3. The molecule has 2 aromatic heterocycles. The number of anilines is 1. The molecule has 0 atom stereocenters. The summed E-state index contributed by atoms with van der Waals surface area (Å²) in [5.74, 6) is 0.123. The number of sulfonamides is 1. The van der Waals surface area contributed by atoms with Crippen LogP contribution in [0.25, 0.3) is 10.9 Å². The van der Waals surface area contributed by atoms with Crippen molar-refractivity contribution in [1.82, 2.24) is 14.3 Å². The van der Waals surface area contributed by atoms with Gasteiger partial charge in [0.05, 0.1) is 0 Å². The molecule has 2 N–H and O–H groups in total. The molecule has 0 aliphatic carbocycles. The van der Waals surface area contributed by atoms with Crippen LogP contribution < -0.4 is 4.72 Å². The molecule has 0 saturated carbocycles. The molecule has 2 heterocycles. The van der Waals surface area contributed by atoms with Gasteiger partial charge in [0.25, 0.3) is 10.0 Å². The van der Waals surface area contributed by atoms with Crippen LogP contribution >= 0.6 is 11.5 Å². The first-order valence-electron chi connectivity index (χ1n) is 6.43. The van der Waals surface area contributed by atoms with Gasteiger partial charge in [-0.1, -0.05) is 19.1 Å². The highest BCUT2D eigenvalue weighted by Crippen LogP contribution is 2.25. The average molecular weight is 322 g/mol. The summed E-state index contributed by atoms with van der Waals surface area (Å²) in [6.07, 6.45) is 2.21. The molecule has 8 heteroatoms. The lowest BCUT2D eigenvalue weighted by molar-refractivity contribution is 0.601. The number of rotatable bonds is 4. The summed E-state index contributed by atoms with van der Waals surface area (Å²) in [5.41, 5.74) is 1.85. The predicted molar refractivity (Wildman–Crippen MR) is 83.1 cm³/mol. The van der Waals surface area contributed by atoms with Crippen LogP contribution in [0.15, 0.2) is 29.3 Å². The normalized spacial score (nSPS) is 11.9. The monoisotopic (exact) mass is 322 g/mol. The molecule has 21 heavy (non-hydrogen) atoms. The van der Waals surface area contributed by atoms with Gasteiger partial charge in [0.2, 0.25) is 5.95 Å². The topological polar surface area (TPSA) is 87.7 Å². The summed E-state index contributed by atoms with van der Waals surface area (Å²) < 4.78 is 31.3. The minimum Gasteiger partial charge on any atom is -0.360 e. The Bertz CT molecular complexity index is 896. The Morgan fingerprint density at radius 1 is 1.38 bits per heavy atom. The summed E-state index contributed by atoms with van der Waals surface area (Å²) in [4.78, 5) is 7.30. The average Bonchev–Trinajstić information content (AvgIpc) is 3.04. The molecule has 0 aliphatic heterocycles. The first-order chi connectivity index (χ1) is 9.99. The predicted octanol–water partition coefficient (Wildman–Crippen LogP) is 2.69. The van der Waals surface area contributed by atoms with Crippen LogP contribution in [-0.2, 0) is 16.4 Å². The van der Waals surface area contributed by atoms with Gasteiger partial charge in [0.15, 0.2) is 0 Å². The van der Waals surface area contributed by atoms with E-state index in [1.165, 1.54) is 17.7 Å². The van der Waals surface area contributed by atoms with Crippen molar-refractivity contribution >= 4 is 38.4 Å². The van der Waals surface area contributed by atoms with Gasteiger partial charge in [-0.15, -0.1) is 0 Å². The first kappa shape index (κ1) is 14.0. The molecule has 3 aromatic rings. The maximum Gasteiger partial charge on any atom is 0.266 e. The highest BCUT2D eigenvalue weighted by Gasteiger charge is 2.20. The van der Waals surface area contributed by atoms with Crippen LogP contribution in [0.1, 0.15) is 17.5 Å². The molecule has 0 aliphatic rings. The Labute approximate surface area is 126 Å². The third-order valence-corrected chi connectivity index (χ3v) is 5.31. The molecular weight excluding hydrogens is 308 g/mol. The minimum absolute atomic E-state index is 0.123. The molecule has 1 aromatic carbocycles. The lowest BCUT2D eigenvalue weighted by Gasteiger charge is -2.03. The van der Waals surface area contributed by atoms with E-state index >= 15 is 0 Å². The lowest BCUT2D eigenvalue weighted by atomic mass is 10.2. The Kier molecular flexibility index (Phi) is 3.42. The number of aromatic amines is 1. The van der Waals surface area contributed by atoms with Crippen molar-refractivity contribution in [2.75, 3.05) is 4.72 Å². The molecular formula is C13H14N4O2S2. The second-order valence-corrected chi connectivity index (χ2v) is 7.16. The van der Waals surface area contributed by atoms with E-state index in [0.29, 0.717) is 5.39 Å². The van der Waals surface area contributed by atoms with Gasteiger partial charge < -0.3 is 4.98 Å². The second kappa shape index (κ2) is 5.12. The van der Waals surface area contributed by atoms with Crippen molar-refractivity contribution in [2.24, 2.45) is 0 Å². The SMILES string of the molecule is CCc1nc(NS(=O)(=O)c2c[nH]c3cc(C)ccc23)ns1. The molecule has 0 radical (unpaired) electrons. The quantitative estimate of drug-likeness (QED) is 0.773. The highest BCUT2D eigenvalue weighted by atomic mass is 32.2. The summed E-state index contributed by atoms with van der Waals surface area (Å²) >= 11 is 1.20. The van der Waals surface area contributed by atoms with Crippen LogP contribution in [0.2, 0.25) is 0 Å². The number of aryl methyl sites for hydroxylation is 2. The molecule has 0 fully saturated rings. The van der Waals surface area contributed by atoms with Crippen LogP contribution in [-0.4, -0.2) is 22.8 Å². The van der Waals surface area contributed by atoms with E-state index in [1.807, 2.05) is 26.0 Å². The molecule has 6 nitrogen and oxygen atoms in total. The van der Waals surface area contributed by atoms with Gasteiger partial charge >= 0.3 is 0 Å². The Morgan fingerprint density at radius 2 is 2.19 bits per heavy atom. The molecule has 110 valence electrons. The van der Waals surface area contributed by atoms with Crippen LogP contribution in [0, 0.1) is 6.92 Å². The number of benzene rings is 1. The van der Waals surface area contributed by atoms with Crippen LogP contribution in [0.3, 0.4) is 0 Å². The Hall–Kier alpha value is -1.93. The zero-order valence-electron chi connectivity index (χ0n) is 11.5. The van der Waals surface area contributed by atoms with E-state index < -0.39 is 10.0 Å². The number of nitrogens with one attached hydrogen (secondary N) is 2. The highest BCUT2D eigenvalue weighted by molar-refractivity contribution is 7.93. The molecule has 0 saturated heterocycles. The Morgan fingerprint density at radius 3 is 2.90 bits per heavy atom. The van der Waals surface area contributed by atoms with Gasteiger partial charge in [0, 0.05) is 17.1 Å². The lowest BCUT2D eigenvalue weighted by Crippen LogP contribution is -2.13. The van der Waals surface area contributed by atoms with Crippen molar-refractivity contribution in [3.05, 3.63) is 35.0 Å². The third kappa shape index (κ3) is 2.64. The fourth-order valence-corrected chi connectivity index (χ4v) is 3.77. The summed E-state index contributed by atoms with van der Waals surface area (Å²) in [6.45, 7) is 3.90. The molecule has 0 spiro atoms. The molecule has 0 amide bonds. The molecule has 3 rings (SSSR count). The van der Waals surface area contributed by atoms with E-state index in [2.05, 4.69) is 19.1 Å². The summed E-state index contributed by atoms with van der Waals surface area (Å²) in [6, 6.07) is 5.58. The van der Waals surface area contributed by atoms with Crippen molar-refractivity contribution < 1.29 is 8.42 Å². The molecule has 0 unspecified atom stereocenters. The summed E-state index contributed by atoms with van der Waals surface area (Å²) in [7, 11) is -3.70. The largest absolute Gasteiger partial charge is 0.360 e. The zero-order valence-corrected chi connectivity index (χ0v) is 13.2. The number of nitrogens with zero attached hydrogens (tertiary/aromatic N) is 2. The second-order valence-electron chi connectivity index (χ2n) is 4.67. The van der Waals surface area contributed by atoms with Gasteiger partial charge in [0.1, 0.15) is 9.90 Å². The number of H-pyrrole nitrogens is 1. The van der Waals surface area contributed by atoms with Crippen molar-refractivity contribution in [3.8, 4) is 0 Å². The van der Waals surface area contributed by atoms with E-state index in [4.69, 9.17) is 0 Å². The van der Waals surface area contributed by atoms with Gasteiger partial charge in [-0.2, -0.15) is 4.37 Å². The Balaban J connectivity index is 2.00. The van der Waals surface area contributed by atoms with Crippen LogP contribution in [0.5, 0.6) is 0 Å². The summed E-state index contributed by atoms with van der Waals surface area (Å²) in [5, 5.41) is 1.45. The first-order valence-corrected chi connectivity index (χ1v) is 8.68. The minimum atomic E-state index is -3.70. The zero-order chi connectivity index (χ0) is 15.0. The third-order valence-electron chi connectivity index (χ3n) is 3.09. The van der Waals surface area contributed by atoms with Crippen molar-refractivity contribution in [3.63, 3.8) is 0 Å². The maximum atomic E-state index is 12.5. The van der Waals surface area contributed by atoms with Gasteiger partial charge in [-0.05, 0) is 36.5 Å². The number of fused-ring (bicyclic) bond motifs is 1. The molecule has 0 bridgehead atoms. The van der Waals surface area contributed by atoms with Gasteiger partial charge in [-0.3, -0.25) is 0 Å². The number of hydrogen-bond donors (Lipinski definition) is 2. The fraction of sp³-hybridized carbons (Fsp3) is 0.231. The smallest absolute Gasteiger partial charge is 0.266 e. The van der Waals surface area contributed by atoms with Crippen molar-refractivity contribution in [1.29, 1.82) is 0 Å². The fourth-order valence-electron chi connectivity index (χ4n) is 2.05.